The Hall–Kier alpha value is -2.30. The lowest BCUT2D eigenvalue weighted by Crippen LogP contribution is -2.17. The van der Waals surface area contributed by atoms with E-state index in [1.807, 2.05) is 25.1 Å². The molecule has 0 aliphatic heterocycles. The minimum absolute atomic E-state index is 0.136. The second-order valence-electron chi connectivity index (χ2n) is 4.66. The van der Waals surface area contributed by atoms with E-state index in [2.05, 4.69) is 4.74 Å². The lowest BCUT2D eigenvalue weighted by molar-refractivity contribution is -0.274. The molecule has 0 atom stereocenters. The third kappa shape index (κ3) is 4.63. The highest BCUT2D eigenvalue weighted by Gasteiger charge is 2.31. The van der Waals surface area contributed by atoms with E-state index in [1.165, 1.54) is 12.1 Å². The molecule has 0 amide bonds. The molecule has 0 aromatic heterocycles. The molecule has 0 radical (unpaired) electrons. The maximum Gasteiger partial charge on any atom is 0.573 e. The second-order valence-corrected chi connectivity index (χ2v) is 4.66. The monoisotopic (exact) mass is 294 g/mol. The summed E-state index contributed by atoms with van der Waals surface area (Å²) in [4.78, 5) is 12.1. The van der Waals surface area contributed by atoms with Gasteiger partial charge >= 0.3 is 6.36 Å². The van der Waals surface area contributed by atoms with Gasteiger partial charge in [-0.2, -0.15) is 0 Å². The van der Waals surface area contributed by atoms with Crippen LogP contribution < -0.4 is 4.74 Å². The Morgan fingerprint density at radius 1 is 1.10 bits per heavy atom. The third-order valence-electron chi connectivity index (χ3n) is 2.84. The molecule has 21 heavy (non-hydrogen) atoms. The van der Waals surface area contributed by atoms with Crippen LogP contribution in [0, 0.1) is 6.92 Å². The number of aryl methyl sites for hydroxylation is 1. The van der Waals surface area contributed by atoms with E-state index >= 15 is 0 Å². The number of rotatable bonds is 4. The fraction of sp³-hybridized carbons (Fsp3) is 0.188. The lowest BCUT2D eigenvalue weighted by atomic mass is 10.0. The average Bonchev–Trinajstić information content (AvgIpc) is 2.37. The van der Waals surface area contributed by atoms with Crippen LogP contribution in [0.2, 0.25) is 0 Å². The number of carbonyl (C=O) groups is 1. The summed E-state index contributed by atoms with van der Waals surface area (Å²) < 4.78 is 40.3. The first-order valence-electron chi connectivity index (χ1n) is 6.28. The summed E-state index contributed by atoms with van der Waals surface area (Å²) >= 11 is 0. The highest BCUT2D eigenvalue weighted by atomic mass is 19.4. The molecule has 2 rings (SSSR count). The average molecular weight is 294 g/mol. The first-order valence-corrected chi connectivity index (χ1v) is 6.28. The first kappa shape index (κ1) is 15.1. The highest BCUT2D eigenvalue weighted by molar-refractivity contribution is 5.97. The van der Waals surface area contributed by atoms with Crippen molar-refractivity contribution in [2.75, 3.05) is 0 Å². The number of ether oxygens (including phenoxy) is 1. The zero-order chi connectivity index (χ0) is 15.5. The van der Waals surface area contributed by atoms with Crippen LogP contribution in [0.15, 0.2) is 48.5 Å². The van der Waals surface area contributed by atoms with Gasteiger partial charge in [0, 0.05) is 12.0 Å². The van der Waals surface area contributed by atoms with Crippen LogP contribution >= 0.6 is 0 Å². The zero-order valence-corrected chi connectivity index (χ0v) is 11.3. The Labute approximate surface area is 120 Å². The summed E-state index contributed by atoms with van der Waals surface area (Å²) in [5.74, 6) is -0.647. The number of hydrogen-bond acceptors (Lipinski definition) is 2. The molecule has 0 aliphatic rings. The number of Topliss-reactive ketones (excluding diaryl/α,β-unsaturated/α-hetero) is 1. The lowest BCUT2D eigenvalue weighted by Gasteiger charge is -2.09. The van der Waals surface area contributed by atoms with Gasteiger partial charge in [0.1, 0.15) is 5.75 Å². The molecule has 2 nitrogen and oxygen atoms in total. The van der Waals surface area contributed by atoms with Crippen molar-refractivity contribution in [2.45, 2.75) is 19.7 Å². The van der Waals surface area contributed by atoms with Crippen molar-refractivity contribution >= 4 is 5.78 Å². The number of ketones is 1. The molecule has 0 spiro atoms. The normalized spacial score (nSPS) is 11.2. The van der Waals surface area contributed by atoms with Gasteiger partial charge in [0.15, 0.2) is 5.78 Å². The number of benzene rings is 2. The number of halogens is 3. The van der Waals surface area contributed by atoms with Gasteiger partial charge < -0.3 is 4.74 Å². The van der Waals surface area contributed by atoms with Crippen molar-refractivity contribution in [1.82, 2.24) is 0 Å². The van der Waals surface area contributed by atoms with Crippen LogP contribution in [0.3, 0.4) is 0 Å². The SMILES string of the molecule is Cc1cccc(CC(=O)c2cccc(OC(F)(F)F)c2)c1. The Kier molecular flexibility index (Phi) is 4.31. The number of hydrogen-bond donors (Lipinski definition) is 0. The van der Waals surface area contributed by atoms with Crippen LogP contribution in [0.1, 0.15) is 21.5 Å². The van der Waals surface area contributed by atoms with E-state index in [9.17, 15) is 18.0 Å². The summed E-state index contributed by atoms with van der Waals surface area (Å²) in [7, 11) is 0. The van der Waals surface area contributed by atoms with Gasteiger partial charge in [-0.1, -0.05) is 42.0 Å². The molecule has 0 saturated heterocycles. The van der Waals surface area contributed by atoms with Crippen molar-refractivity contribution < 1.29 is 22.7 Å². The number of carbonyl (C=O) groups excluding carboxylic acids is 1. The standard InChI is InChI=1S/C16H13F3O2/c1-11-4-2-5-12(8-11)9-15(20)13-6-3-7-14(10-13)21-16(17,18)19/h2-8,10H,9H2,1H3. The van der Waals surface area contributed by atoms with E-state index in [0.717, 1.165) is 23.3 Å². The number of alkyl halides is 3. The van der Waals surface area contributed by atoms with Gasteiger partial charge in [-0.3, -0.25) is 4.79 Å². The Bertz CT molecular complexity index is 648. The second kappa shape index (κ2) is 5.99. The maximum absolute atomic E-state index is 12.2. The van der Waals surface area contributed by atoms with Crippen molar-refractivity contribution in [1.29, 1.82) is 0 Å². The minimum Gasteiger partial charge on any atom is -0.406 e. The molecule has 0 N–H and O–H groups in total. The highest BCUT2D eigenvalue weighted by Crippen LogP contribution is 2.23. The predicted octanol–water partition coefficient (Wildman–Crippen LogP) is 4.32. The van der Waals surface area contributed by atoms with Crippen molar-refractivity contribution in [3.8, 4) is 5.75 Å². The van der Waals surface area contributed by atoms with Crippen LogP contribution in [-0.2, 0) is 6.42 Å². The molecule has 2 aromatic rings. The van der Waals surface area contributed by atoms with Crippen molar-refractivity contribution in [2.24, 2.45) is 0 Å². The Morgan fingerprint density at radius 2 is 1.81 bits per heavy atom. The Balaban J connectivity index is 2.14. The van der Waals surface area contributed by atoms with Gasteiger partial charge in [0.25, 0.3) is 0 Å². The summed E-state index contributed by atoms with van der Waals surface area (Å²) in [5, 5.41) is 0. The maximum atomic E-state index is 12.2. The molecule has 2 aromatic carbocycles. The quantitative estimate of drug-likeness (QED) is 0.785. The molecule has 0 fully saturated rings. The van der Waals surface area contributed by atoms with E-state index in [1.54, 1.807) is 6.07 Å². The van der Waals surface area contributed by atoms with Crippen LogP contribution in [-0.4, -0.2) is 12.1 Å². The first-order chi connectivity index (χ1) is 9.83. The van der Waals surface area contributed by atoms with Crippen LogP contribution in [0.25, 0.3) is 0 Å². The molecular formula is C16H13F3O2. The molecule has 0 heterocycles. The molecule has 0 bridgehead atoms. The van der Waals surface area contributed by atoms with Gasteiger partial charge in [-0.15, -0.1) is 13.2 Å². The van der Waals surface area contributed by atoms with Crippen molar-refractivity contribution in [3.63, 3.8) is 0 Å². The molecule has 0 aliphatic carbocycles. The van der Waals surface area contributed by atoms with E-state index in [0.29, 0.717) is 0 Å². The van der Waals surface area contributed by atoms with Gasteiger partial charge in [-0.25, -0.2) is 0 Å². The van der Waals surface area contributed by atoms with Gasteiger partial charge in [-0.05, 0) is 24.6 Å². The topological polar surface area (TPSA) is 26.3 Å². The van der Waals surface area contributed by atoms with Crippen molar-refractivity contribution in [3.05, 3.63) is 65.2 Å². The Morgan fingerprint density at radius 3 is 2.48 bits per heavy atom. The molecular weight excluding hydrogens is 281 g/mol. The third-order valence-corrected chi connectivity index (χ3v) is 2.84. The fourth-order valence-corrected chi connectivity index (χ4v) is 1.98. The fourth-order valence-electron chi connectivity index (χ4n) is 1.98. The molecule has 0 saturated carbocycles. The summed E-state index contributed by atoms with van der Waals surface area (Å²) in [5.41, 5.74) is 2.04. The predicted molar refractivity (Wildman–Crippen MR) is 72.3 cm³/mol. The van der Waals surface area contributed by atoms with Crippen LogP contribution in [0.5, 0.6) is 5.75 Å². The van der Waals surface area contributed by atoms with Gasteiger partial charge in [0.2, 0.25) is 0 Å². The summed E-state index contributed by atoms with van der Waals surface area (Å²) in [6.45, 7) is 1.91. The van der Waals surface area contributed by atoms with E-state index in [4.69, 9.17) is 0 Å². The largest absolute Gasteiger partial charge is 0.573 e. The smallest absolute Gasteiger partial charge is 0.406 e. The molecule has 0 unspecified atom stereocenters. The van der Waals surface area contributed by atoms with E-state index in [-0.39, 0.29) is 17.8 Å². The van der Waals surface area contributed by atoms with Crippen LogP contribution in [0.4, 0.5) is 13.2 Å². The van der Waals surface area contributed by atoms with Gasteiger partial charge in [0.05, 0.1) is 0 Å². The molecule has 5 heteroatoms. The minimum atomic E-state index is -4.77. The molecule has 110 valence electrons. The van der Waals surface area contributed by atoms with E-state index < -0.39 is 12.1 Å². The zero-order valence-electron chi connectivity index (χ0n) is 11.3. The summed E-state index contributed by atoms with van der Waals surface area (Å²) in [6, 6.07) is 12.5. The summed E-state index contributed by atoms with van der Waals surface area (Å²) in [6.07, 6.45) is -4.63.